The molecule has 0 unspecified atom stereocenters. The van der Waals surface area contributed by atoms with Crippen LogP contribution in [0.25, 0.3) is 6.08 Å². The third kappa shape index (κ3) is 10.1. The normalized spacial score (nSPS) is 30.1. The third-order valence-electron chi connectivity index (χ3n) is 8.04. The van der Waals surface area contributed by atoms with Crippen molar-refractivity contribution >= 4 is 35.1 Å². The van der Waals surface area contributed by atoms with Gasteiger partial charge in [0.05, 0.1) is 41.2 Å². The smallest absolute Gasteiger partial charge is 0.309 e. The van der Waals surface area contributed by atoms with Crippen molar-refractivity contribution in [1.82, 2.24) is 4.98 Å². The summed E-state index contributed by atoms with van der Waals surface area (Å²) < 4.78 is 11.3. The predicted octanol–water partition coefficient (Wildman–Crippen LogP) is 5.92. The minimum Gasteiger partial charge on any atom is -0.461 e. The van der Waals surface area contributed by atoms with Gasteiger partial charge in [0.1, 0.15) is 18.5 Å². The molecule has 0 saturated heterocycles. The second-order valence-electron chi connectivity index (χ2n) is 11.6. The number of thiazole rings is 1. The summed E-state index contributed by atoms with van der Waals surface area (Å²) in [6.45, 7) is 16.4. The Balaban J connectivity index is 2.47. The van der Waals surface area contributed by atoms with Crippen LogP contribution in [0.4, 0.5) is 0 Å². The number of allylic oxidation sites excluding steroid dienone is 1. The van der Waals surface area contributed by atoms with Gasteiger partial charge in [0.25, 0.3) is 0 Å². The van der Waals surface area contributed by atoms with Crippen molar-refractivity contribution in [3.8, 4) is 0 Å². The maximum absolute atomic E-state index is 13.7. The van der Waals surface area contributed by atoms with E-state index >= 15 is 0 Å². The van der Waals surface area contributed by atoms with Crippen LogP contribution in [0.3, 0.4) is 0 Å². The van der Waals surface area contributed by atoms with Gasteiger partial charge in [-0.05, 0) is 69.6 Å². The second kappa shape index (κ2) is 16.7. The largest absolute Gasteiger partial charge is 0.461 e. The molecule has 1 aliphatic rings. The molecule has 2 heterocycles. The first-order chi connectivity index (χ1) is 19.8. The Morgan fingerprint density at radius 2 is 1.98 bits per heavy atom. The fourth-order valence-electron chi connectivity index (χ4n) is 5.24. The number of ketones is 1. The Kier molecular flexibility index (Phi) is 14.0. The van der Waals surface area contributed by atoms with Crippen LogP contribution < -0.4 is 0 Å². The second-order valence-corrected chi connectivity index (χ2v) is 12.6. The topological polar surface area (TPSA) is 123 Å². The number of carbonyl (C=O) groups excluding carboxylic acids is 3. The molecule has 9 heteroatoms. The van der Waals surface area contributed by atoms with Gasteiger partial charge in [-0.1, -0.05) is 32.1 Å². The molecule has 42 heavy (non-hydrogen) atoms. The zero-order chi connectivity index (χ0) is 31.4. The first kappa shape index (κ1) is 35.3. The van der Waals surface area contributed by atoms with E-state index < -0.39 is 42.0 Å². The Bertz CT molecular complexity index is 1170. The van der Waals surface area contributed by atoms with Gasteiger partial charge >= 0.3 is 11.9 Å². The van der Waals surface area contributed by atoms with E-state index in [0.29, 0.717) is 25.7 Å². The van der Waals surface area contributed by atoms with Crippen molar-refractivity contribution in [3.63, 3.8) is 0 Å². The Morgan fingerprint density at radius 3 is 2.60 bits per heavy atom. The van der Waals surface area contributed by atoms with Crippen LogP contribution in [-0.2, 0) is 23.9 Å². The summed E-state index contributed by atoms with van der Waals surface area (Å²) in [5.41, 5.74) is 1.06. The highest BCUT2D eigenvalue weighted by Crippen LogP contribution is 2.36. The molecular formula is C33H47NO7S. The van der Waals surface area contributed by atoms with E-state index in [9.17, 15) is 24.6 Å². The van der Waals surface area contributed by atoms with E-state index in [2.05, 4.69) is 18.1 Å². The van der Waals surface area contributed by atoms with Crippen LogP contribution in [0, 0.1) is 24.2 Å². The molecule has 2 rings (SSSR count). The van der Waals surface area contributed by atoms with Crippen molar-refractivity contribution in [3.05, 3.63) is 58.6 Å². The van der Waals surface area contributed by atoms with Gasteiger partial charge in [-0.2, -0.15) is 0 Å². The number of Topliss-reactive ketones (excluding diaryl/α,β-unsaturated/α-hetero) is 1. The Hall–Kier alpha value is -2.88. The zero-order valence-electron chi connectivity index (χ0n) is 25.6. The van der Waals surface area contributed by atoms with E-state index in [4.69, 9.17) is 9.47 Å². The van der Waals surface area contributed by atoms with Gasteiger partial charge in [0, 0.05) is 17.7 Å². The first-order valence-corrected chi connectivity index (χ1v) is 15.5. The molecule has 0 aliphatic carbocycles. The molecule has 0 bridgehead atoms. The fourth-order valence-corrected chi connectivity index (χ4v) is 5.81. The molecule has 2 N–H and O–H groups in total. The van der Waals surface area contributed by atoms with E-state index in [0.717, 1.165) is 21.8 Å². The summed E-state index contributed by atoms with van der Waals surface area (Å²) in [6.07, 6.45) is 5.99. The van der Waals surface area contributed by atoms with Gasteiger partial charge in [-0.3, -0.25) is 14.4 Å². The molecule has 0 saturated carbocycles. The molecule has 0 radical (unpaired) electrons. The number of rotatable bonds is 8. The van der Waals surface area contributed by atoms with Gasteiger partial charge in [0.15, 0.2) is 0 Å². The molecule has 0 amide bonds. The average molecular weight is 602 g/mol. The lowest BCUT2D eigenvalue weighted by atomic mass is 9.69. The molecule has 0 fully saturated rings. The van der Waals surface area contributed by atoms with Gasteiger partial charge < -0.3 is 19.7 Å². The number of hydrogen-bond donors (Lipinski definition) is 2. The van der Waals surface area contributed by atoms with Crippen molar-refractivity contribution in [2.24, 2.45) is 17.3 Å². The molecule has 0 spiro atoms. The molecule has 0 aromatic carbocycles. The van der Waals surface area contributed by atoms with E-state index in [1.165, 1.54) is 17.4 Å². The number of hydrogen-bond acceptors (Lipinski definition) is 9. The molecule has 1 aromatic rings. The number of ether oxygens (including phenoxy) is 2. The molecule has 1 aromatic heterocycles. The number of cyclic esters (lactones) is 1. The zero-order valence-corrected chi connectivity index (χ0v) is 26.5. The van der Waals surface area contributed by atoms with Crippen LogP contribution >= 0.6 is 11.3 Å². The predicted molar refractivity (Wildman–Crippen MR) is 166 cm³/mol. The summed E-state index contributed by atoms with van der Waals surface area (Å²) in [5, 5.41) is 25.1. The highest BCUT2D eigenvalue weighted by molar-refractivity contribution is 7.09. The highest BCUT2D eigenvalue weighted by atomic mass is 32.1. The third-order valence-corrected chi connectivity index (χ3v) is 8.83. The first-order valence-electron chi connectivity index (χ1n) is 14.6. The van der Waals surface area contributed by atoms with Crippen LogP contribution in [0.15, 0.2) is 47.9 Å². The summed E-state index contributed by atoms with van der Waals surface area (Å²) in [7, 11) is 0. The average Bonchev–Trinajstić information content (AvgIpc) is 3.35. The van der Waals surface area contributed by atoms with Crippen molar-refractivity contribution in [1.29, 1.82) is 0 Å². The van der Waals surface area contributed by atoms with E-state index in [1.54, 1.807) is 19.9 Å². The molecule has 8 nitrogen and oxygen atoms in total. The summed E-state index contributed by atoms with van der Waals surface area (Å²) >= 11 is 1.52. The van der Waals surface area contributed by atoms with E-state index in [1.807, 2.05) is 38.3 Å². The highest BCUT2D eigenvalue weighted by Gasteiger charge is 2.45. The lowest BCUT2D eigenvalue weighted by molar-refractivity contribution is -0.154. The van der Waals surface area contributed by atoms with Crippen molar-refractivity contribution < 1.29 is 34.1 Å². The number of aliphatic hydroxyl groups excluding tert-OH is 2. The fraction of sp³-hybridized carbons (Fsp3) is 0.576. The number of aromatic nitrogens is 1. The molecular weight excluding hydrogens is 554 g/mol. The molecule has 1 aliphatic heterocycles. The lowest BCUT2D eigenvalue weighted by Crippen LogP contribution is -2.47. The minimum absolute atomic E-state index is 0.0891. The van der Waals surface area contributed by atoms with Crippen LogP contribution in [-0.4, -0.2) is 57.8 Å². The molecule has 232 valence electrons. The van der Waals surface area contributed by atoms with Gasteiger partial charge in [-0.25, -0.2) is 4.98 Å². The van der Waals surface area contributed by atoms with Gasteiger partial charge in [-0.15, -0.1) is 24.5 Å². The Labute approximate surface area is 254 Å². The molecule has 6 atom stereocenters. The van der Waals surface area contributed by atoms with Crippen LogP contribution in [0.1, 0.15) is 83.3 Å². The number of aliphatic hydroxyl groups is 2. The lowest BCUT2D eigenvalue weighted by Gasteiger charge is -2.36. The maximum Gasteiger partial charge on any atom is 0.309 e. The number of carbonyl (C=O) groups is 3. The number of nitrogens with zero attached hydrogens (tertiary/aromatic N) is 1. The quantitative estimate of drug-likeness (QED) is 0.278. The van der Waals surface area contributed by atoms with Crippen molar-refractivity contribution in [2.75, 3.05) is 6.61 Å². The number of esters is 2. The SMILES string of the molecule is C=CCC(=O)OC/C1=C/C[C@@H](/C(C)=C/c2csc(C)n2)OC(=O)C[C@H](O)[C@@](C)(CC=C)C(=O)[C@H](C)[C@@H](O)[C@@H](C)CCC1. The van der Waals surface area contributed by atoms with E-state index in [-0.39, 0.29) is 37.1 Å². The van der Waals surface area contributed by atoms with Crippen LogP contribution in [0.2, 0.25) is 0 Å². The Morgan fingerprint density at radius 1 is 1.26 bits per heavy atom. The van der Waals surface area contributed by atoms with Crippen LogP contribution in [0.5, 0.6) is 0 Å². The summed E-state index contributed by atoms with van der Waals surface area (Å²) in [6, 6.07) is 0. The van der Waals surface area contributed by atoms with Crippen molar-refractivity contribution in [2.45, 2.75) is 97.9 Å². The standard InChI is InChI=1S/C33H47NO7S/c1-8-11-29(36)40-19-25-13-10-12-21(3)31(38)23(5)32(39)33(7,16-9-2)28(35)18-30(37)41-27(15-14-25)22(4)17-26-20-42-24(6)34-26/h8-9,14,17,20-21,23,27-28,31,35,38H,1-2,10-13,15-16,18-19H2,3-7H3/b22-17+,25-14+/t21-,23+,27-,28-,31-,33+/m0/s1. The van der Waals surface area contributed by atoms with Gasteiger partial charge in [0.2, 0.25) is 0 Å². The minimum atomic E-state index is -1.34. The summed E-state index contributed by atoms with van der Waals surface area (Å²) in [5.74, 6) is -2.33. The maximum atomic E-state index is 13.7. The monoisotopic (exact) mass is 601 g/mol. The number of aryl methyl sites for hydroxylation is 1. The summed E-state index contributed by atoms with van der Waals surface area (Å²) in [4.78, 5) is 43.4.